The molecule has 1 aromatic heterocycles. The van der Waals surface area contributed by atoms with Crippen LogP contribution >= 0.6 is 0 Å². The number of hydrogen-bond acceptors (Lipinski definition) is 1. The van der Waals surface area contributed by atoms with Crippen molar-refractivity contribution in [3.63, 3.8) is 0 Å². The molecule has 1 aliphatic carbocycles. The first-order valence-corrected chi connectivity index (χ1v) is 9.48. The van der Waals surface area contributed by atoms with Crippen molar-refractivity contribution < 1.29 is 4.39 Å². The van der Waals surface area contributed by atoms with Crippen molar-refractivity contribution in [3.05, 3.63) is 35.8 Å². The Kier molecular flexibility index (Phi) is 4.40. The normalized spacial score (nSPS) is 19.6. The molecule has 1 saturated carbocycles. The van der Waals surface area contributed by atoms with Crippen molar-refractivity contribution in [2.24, 2.45) is 10.4 Å². The summed E-state index contributed by atoms with van der Waals surface area (Å²) in [5, 5.41) is 4.55. The molecular formula is C20H27FN4. The van der Waals surface area contributed by atoms with E-state index in [1.165, 1.54) is 37.3 Å². The molecule has 2 N–H and O–H groups in total. The Labute approximate surface area is 148 Å². The second kappa shape index (κ2) is 6.70. The number of rotatable bonds is 4. The van der Waals surface area contributed by atoms with Gasteiger partial charge in [0.15, 0.2) is 5.96 Å². The van der Waals surface area contributed by atoms with Crippen molar-refractivity contribution in [1.29, 1.82) is 0 Å². The van der Waals surface area contributed by atoms with Gasteiger partial charge in [-0.2, -0.15) is 0 Å². The van der Waals surface area contributed by atoms with E-state index in [-0.39, 0.29) is 5.82 Å². The number of fused-ring (bicyclic) bond motifs is 1. The standard InChI is InChI=1S/C20H27FN4/c1-2-22-19(25-11-9-20(14-25)7-3-8-20)23-10-6-15-13-24-18-12-16(21)4-5-17(15)18/h4-5,12-13,24H,2-3,6-11,14H2,1H3,(H,22,23). The number of aromatic nitrogens is 1. The Morgan fingerprint density at radius 1 is 1.36 bits per heavy atom. The Balaban J connectivity index is 1.42. The van der Waals surface area contributed by atoms with Gasteiger partial charge >= 0.3 is 0 Å². The van der Waals surface area contributed by atoms with E-state index in [1.54, 1.807) is 6.07 Å². The van der Waals surface area contributed by atoms with Crippen molar-refractivity contribution in [2.75, 3.05) is 26.2 Å². The molecule has 5 heteroatoms. The number of H-pyrrole nitrogens is 1. The van der Waals surface area contributed by atoms with E-state index < -0.39 is 0 Å². The number of halogens is 1. The molecule has 1 saturated heterocycles. The highest BCUT2D eigenvalue weighted by atomic mass is 19.1. The molecule has 1 aliphatic heterocycles. The summed E-state index contributed by atoms with van der Waals surface area (Å²) in [6.45, 7) is 6.05. The van der Waals surface area contributed by atoms with Gasteiger partial charge in [-0.15, -0.1) is 0 Å². The van der Waals surface area contributed by atoms with Gasteiger partial charge in [0.05, 0.1) is 0 Å². The fraction of sp³-hybridized carbons (Fsp3) is 0.550. The van der Waals surface area contributed by atoms with Gasteiger partial charge in [-0.1, -0.05) is 6.42 Å². The lowest BCUT2D eigenvalue weighted by atomic mass is 9.68. The molecule has 2 fully saturated rings. The van der Waals surface area contributed by atoms with E-state index in [9.17, 15) is 4.39 Å². The summed E-state index contributed by atoms with van der Waals surface area (Å²) >= 11 is 0. The molecule has 0 atom stereocenters. The number of hydrogen-bond donors (Lipinski definition) is 2. The summed E-state index contributed by atoms with van der Waals surface area (Å²) in [5.41, 5.74) is 2.64. The minimum atomic E-state index is -0.202. The molecule has 4 nitrogen and oxygen atoms in total. The van der Waals surface area contributed by atoms with Crippen LogP contribution in [0.5, 0.6) is 0 Å². The number of aliphatic imine (C=N–C) groups is 1. The van der Waals surface area contributed by atoms with Crippen LogP contribution in [0.15, 0.2) is 29.4 Å². The van der Waals surface area contributed by atoms with Crippen molar-refractivity contribution in [3.8, 4) is 0 Å². The minimum Gasteiger partial charge on any atom is -0.361 e. The van der Waals surface area contributed by atoms with Gasteiger partial charge in [-0.3, -0.25) is 4.99 Å². The molecule has 2 heterocycles. The van der Waals surface area contributed by atoms with Gasteiger partial charge in [0.25, 0.3) is 0 Å². The molecule has 0 unspecified atom stereocenters. The summed E-state index contributed by atoms with van der Waals surface area (Å²) in [6, 6.07) is 4.93. The zero-order chi connectivity index (χ0) is 17.3. The number of nitrogens with zero attached hydrogens (tertiary/aromatic N) is 2. The van der Waals surface area contributed by atoms with Gasteiger partial charge in [-0.25, -0.2) is 4.39 Å². The molecular weight excluding hydrogens is 315 g/mol. The van der Waals surface area contributed by atoms with Gasteiger partial charge in [0, 0.05) is 43.3 Å². The zero-order valence-electron chi connectivity index (χ0n) is 14.9. The molecule has 0 radical (unpaired) electrons. The summed E-state index contributed by atoms with van der Waals surface area (Å²) in [4.78, 5) is 10.5. The molecule has 134 valence electrons. The Bertz CT molecular complexity index is 775. The Morgan fingerprint density at radius 3 is 2.96 bits per heavy atom. The maximum atomic E-state index is 13.3. The lowest BCUT2D eigenvalue weighted by molar-refractivity contribution is 0.151. The van der Waals surface area contributed by atoms with Gasteiger partial charge < -0.3 is 15.2 Å². The maximum absolute atomic E-state index is 13.3. The molecule has 0 amide bonds. The predicted octanol–water partition coefficient (Wildman–Crippen LogP) is 3.69. The molecule has 0 bridgehead atoms. The number of guanidine groups is 1. The van der Waals surface area contributed by atoms with Crippen LogP contribution in [0, 0.1) is 11.2 Å². The highest BCUT2D eigenvalue weighted by Crippen LogP contribution is 2.47. The third kappa shape index (κ3) is 3.24. The summed E-state index contributed by atoms with van der Waals surface area (Å²) in [6.07, 6.45) is 8.31. The number of likely N-dealkylation sites (tertiary alicyclic amines) is 1. The quantitative estimate of drug-likeness (QED) is 0.657. The average Bonchev–Trinajstić information content (AvgIpc) is 3.18. The molecule has 4 rings (SSSR count). The fourth-order valence-electron chi connectivity index (χ4n) is 4.27. The van der Waals surface area contributed by atoms with Crippen molar-refractivity contribution >= 4 is 16.9 Å². The highest BCUT2D eigenvalue weighted by Gasteiger charge is 2.43. The largest absolute Gasteiger partial charge is 0.361 e. The van der Waals surface area contributed by atoms with E-state index in [0.29, 0.717) is 5.41 Å². The summed E-state index contributed by atoms with van der Waals surface area (Å²) in [5.74, 6) is 0.851. The van der Waals surface area contributed by atoms with E-state index >= 15 is 0 Å². The second-order valence-corrected chi connectivity index (χ2v) is 7.51. The molecule has 2 aliphatic rings. The van der Waals surface area contributed by atoms with Crippen LogP contribution in [0.2, 0.25) is 0 Å². The molecule has 25 heavy (non-hydrogen) atoms. The van der Waals surface area contributed by atoms with E-state index in [4.69, 9.17) is 4.99 Å². The van der Waals surface area contributed by atoms with Crippen molar-refractivity contribution in [1.82, 2.24) is 15.2 Å². The lowest BCUT2D eigenvalue weighted by Crippen LogP contribution is -2.42. The van der Waals surface area contributed by atoms with Crippen LogP contribution in [0.3, 0.4) is 0 Å². The van der Waals surface area contributed by atoms with Crippen LogP contribution in [-0.2, 0) is 6.42 Å². The topological polar surface area (TPSA) is 43.4 Å². The Morgan fingerprint density at radius 2 is 2.24 bits per heavy atom. The van der Waals surface area contributed by atoms with Crippen LogP contribution in [0.4, 0.5) is 4.39 Å². The first-order chi connectivity index (χ1) is 12.2. The first-order valence-electron chi connectivity index (χ1n) is 9.48. The predicted molar refractivity (Wildman–Crippen MR) is 100 cm³/mol. The van der Waals surface area contributed by atoms with Crippen LogP contribution in [0.25, 0.3) is 10.9 Å². The third-order valence-electron chi connectivity index (χ3n) is 5.86. The van der Waals surface area contributed by atoms with Gasteiger partial charge in [-0.05, 0) is 61.8 Å². The monoisotopic (exact) mass is 342 g/mol. The molecule has 1 aromatic carbocycles. The molecule has 2 aromatic rings. The van der Waals surface area contributed by atoms with Crippen LogP contribution in [0.1, 0.15) is 38.2 Å². The fourth-order valence-corrected chi connectivity index (χ4v) is 4.27. The van der Waals surface area contributed by atoms with E-state index in [0.717, 1.165) is 49.5 Å². The number of nitrogens with one attached hydrogen (secondary N) is 2. The third-order valence-corrected chi connectivity index (χ3v) is 5.86. The van der Waals surface area contributed by atoms with E-state index in [1.807, 2.05) is 12.3 Å². The molecule has 1 spiro atoms. The first kappa shape index (κ1) is 16.4. The summed E-state index contributed by atoms with van der Waals surface area (Å²) in [7, 11) is 0. The summed E-state index contributed by atoms with van der Waals surface area (Å²) < 4.78 is 13.3. The van der Waals surface area contributed by atoms with Crippen molar-refractivity contribution in [2.45, 2.75) is 39.0 Å². The lowest BCUT2D eigenvalue weighted by Gasteiger charge is -2.38. The number of aromatic amines is 1. The Hall–Kier alpha value is -2.04. The highest BCUT2D eigenvalue weighted by molar-refractivity contribution is 5.83. The van der Waals surface area contributed by atoms with Crippen LogP contribution < -0.4 is 5.32 Å². The number of benzene rings is 1. The second-order valence-electron chi connectivity index (χ2n) is 7.51. The zero-order valence-corrected chi connectivity index (χ0v) is 14.9. The minimum absolute atomic E-state index is 0.202. The van der Waals surface area contributed by atoms with Gasteiger partial charge in [0.1, 0.15) is 5.82 Å². The van der Waals surface area contributed by atoms with E-state index in [2.05, 4.69) is 22.1 Å². The van der Waals surface area contributed by atoms with Gasteiger partial charge in [0.2, 0.25) is 0 Å². The van der Waals surface area contributed by atoms with Crippen LogP contribution in [-0.4, -0.2) is 42.0 Å². The maximum Gasteiger partial charge on any atom is 0.193 e. The SMILES string of the molecule is CCNC(=NCCc1c[nH]c2cc(F)ccc12)N1CCC2(CCC2)C1. The smallest absolute Gasteiger partial charge is 0.193 e. The average molecular weight is 342 g/mol.